The summed E-state index contributed by atoms with van der Waals surface area (Å²) in [7, 11) is 1.33. The molecule has 0 N–H and O–H groups in total. The number of methoxy groups -OCH3 is 1. The molecular formula is C25H42F2O3. The second kappa shape index (κ2) is 13.3. The first-order valence-corrected chi connectivity index (χ1v) is 12.0. The molecule has 2 rings (SSSR count). The minimum Gasteiger partial charge on any atom is -0.498 e. The lowest BCUT2D eigenvalue weighted by Gasteiger charge is -2.38. The molecule has 1 aliphatic carbocycles. The number of halogens is 2. The van der Waals surface area contributed by atoms with Crippen LogP contribution >= 0.6 is 0 Å². The largest absolute Gasteiger partial charge is 0.498 e. The lowest BCUT2D eigenvalue weighted by Crippen LogP contribution is -2.34. The van der Waals surface area contributed by atoms with Crippen molar-refractivity contribution in [2.45, 2.75) is 97.5 Å². The molecule has 0 spiro atoms. The molecule has 0 aromatic rings. The summed E-state index contributed by atoms with van der Waals surface area (Å²) >= 11 is 0. The van der Waals surface area contributed by atoms with Gasteiger partial charge in [-0.05, 0) is 69.6 Å². The average molecular weight is 429 g/mol. The van der Waals surface area contributed by atoms with Gasteiger partial charge in [0.25, 0.3) is 0 Å². The van der Waals surface area contributed by atoms with Gasteiger partial charge in [-0.1, -0.05) is 33.1 Å². The van der Waals surface area contributed by atoms with E-state index in [-0.39, 0.29) is 11.5 Å². The Bertz CT molecular complexity index is 557. The maximum atomic E-state index is 14.3. The van der Waals surface area contributed by atoms with Crippen LogP contribution in [0.25, 0.3) is 0 Å². The van der Waals surface area contributed by atoms with E-state index in [9.17, 15) is 8.78 Å². The summed E-state index contributed by atoms with van der Waals surface area (Å²) in [6.45, 7) is 6.82. The maximum absolute atomic E-state index is 14.3. The third-order valence-corrected chi connectivity index (χ3v) is 6.91. The molecule has 0 aromatic carbocycles. The van der Waals surface area contributed by atoms with Gasteiger partial charge < -0.3 is 14.2 Å². The number of hydrogen-bond acceptors (Lipinski definition) is 3. The van der Waals surface area contributed by atoms with Crippen LogP contribution in [0.15, 0.2) is 23.2 Å². The van der Waals surface area contributed by atoms with E-state index in [0.29, 0.717) is 31.0 Å². The van der Waals surface area contributed by atoms with Crippen LogP contribution in [0.5, 0.6) is 0 Å². The average Bonchev–Trinajstić information content (AvgIpc) is 2.79. The third-order valence-electron chi connectivity index (χ3n) is 6.91. The predicted octanol–water partition coefficient (Wildman–Crippen LogP) is 7.62. The van der Waals surface area contributed by atoms with E-state index in [1.165, 1.54) is 52.6 Å². The predicted molar refractivity (Wildman–Crippen MR) is 117 cm³/mol. The van der Waals surface area contributed by atoms with Gasteiger partial charge >= 0.3 is 0 Å². The van der Waals surface area contributed by atoms with Crippen molar-refractivity contribution in [2.24, 2.45) is 17.8 Å². The van der Waals surface area contributed by atoms with E-state index in [0.717, 1.165) is 38.2 Å². The summed E-state index contributed by atoms with van der Waals surface area (Å²) in [6, 6.07) is 0. The van der Waals surface area contributed by atoms with Gasteiger partial charge in [-0.3, -0.25) is 0 Å². The highest BCUT2D eigenvalue weighted by atomic mass is 19.2. The minimum absolute atomic E-state index is 0.0670. The highest BCUT2D eigenvalue weighted by Crippen LogP contribution is 2.37. The Morgan fingerprint density at radius 1 is 0.933 bits per heavy atom. The van der Waals surface area contributed by atoms with Crippen LogP contribution in [-0.4, -0.2) is 26.4 Å². The quantitative estimate of drug-likeness (QED) is 0.192. The molecule has 0 radical (unpaired) electrons. The van der Waals surface area contributed by atoms with Crippen molar-refractivity contribution in [2.75, 3.05) is 20.3 Å². The molecule has 1 saturated heterocycles. The molecule has 0 aromatic heterocycles. The van der Waals surface area contributed by atoms with Crippen LogP contribution in [0, 0.1) is 17.8 Å². The van der Waals surface area contributed by atoms with Crippen LogP contribution in [0.4, 0.5) is 8.78 Å². The number of rotatable bonds is 11. The highest BCUT2D eigenvalue weighted by Gasteiger charge is 2.32. The Kier molecular flexibility index (Phi) is 11.2. The van der Waals surface area contributed by atoms with E-state index >= 15 is 0 Å². The van der Waals surface area contributed by atoms with Crippen molar-refractivity contribution in [3.63, 3.8) is 0 Å². The molecule has 2 atom stereocenters. The van der Waals surface area contributed by atoms with Crippen LogP contribution in [0.1, 0.15) is 91.4 Å². The number of unbranched alkanes of at least 4 members (excludes halogenated alkanes) is 2. The normalized spacial score (nSPS) is 29.1. The summed E-state index contributed by atoms with van der Waals surface area (Å²) in [4.78, 5) is 0. The van der Waals surface area contributed by atoms with Crippen molar-refractivity contribution < 1.29 is 23.0 Å². The van der Waals surface area contributed by atoms with Crippen LogP contribution < -0.4 is 0 Å². The smallest absolute Gasteiger partial charge is 0.199 e. The fourth-order valence-corrected chi connectivity index (χ4v) is 4.74. The van der Waals surface area contributed by atoms with E-state index in [2.05, 4.69) is 6.92 Å². The first-order valence-electron chi connectivity index (χ1n) is 12.0. The lowest BCUT2D eigenvalue weighted by molar-refractivity contribution is -0.0615. The van der Waals surface area contributed by atoms with E-state index < -0.39 is 11.7 Å². The first-order chi connectivity index (χ1) is 14.5. The summed E-state index contributed by atoms with van der Waals surface area (Å²) in [5, 5.41) is 0. The Morgan fingerprint density at radius 3 is 2.20 bits per heavy atom. The summed E-state index contributed by atoms with van der Waals surface area (Å²) in [5.41, 5.74) is 0. The Hall–Kier alpha value is -1.10. The van der Waals surface area contributed by atoms with Gasteiger partial charge in [0.1, 0.15) is 11.5 Å². The molecule has 30 heavy (non-hydrogen) atoms. The molecule has 2 fully saturated rings. The monoisotopic (exact) mass is 428 g/mol. The van der Waals surface area contributed by atoms with E-state index in [1.54, 1.807) is 6.92 Å². The van der Waals surface area contributed by atoms with E-state index in [4.69, 9.17) is 14.2 Å². The topological polar surface area (TPSA) is 27.7 Å². The van der Waals surface area contributed by atoms with Crippen molar-refractivity contribution in [3.8, 4) is 0 Å². The summed E-state index contributed by atoms with van der Waals surface area (Å²) < 4.78 is 45.0. The standard InChI is InChI=1S/C25H42F2O3/c1-5-7-8-9-19-12-15-23(30-16-19)21-13-10-20(11-14-21)17-29-22(6-2)25(27)24(26)18(3)28-4/h19-21,23H,5-17H2,1-4H3/b24-18-,25-22-. The second-order valence-corrected chi connectivity index (χ2v) is 9.07. The summed E-state index contributed by atoms with van der Waals surface area (Å²) in [5.74, 6) is -0.103. The number of hydrogen-bond donors (Lipinski definition) is 0. The lowest BCUT2D eigenvalue weighted by atomic mass is 9.77. The first kappa shape index (κ1) is 25.2. The molecular weight excluding hydrogens is 386 g/mol. The Morgan fingerprint density at radius 2 is 1.63 bits per heavy atom. The number of allylic oxidation sites excluding steroid dienone is 4. The maximum Gasteiger partial charge on any atom is 0.199 e. The molecule has 174 valence electrons. The molecule has 3 nitrogen and oxygen atoms in total. The van der Waals surface area contributed by atoms with Crippen molar-refractivity contribution in [3.05, 3.63) is 23.2 Å². The second-order valence-electron chi connectivity index (χ2n) is 9.07. The molecule has 2 aliphatic rings. The van der Waals surface area contributed by atoms with Crippen LogP contribution in [0.2, 0.25) is 0 Å². The molecule has 0 amide bonds. The van der Waals surface area contributed by atoms with Gasteiger partial charge in [0.15, 0.2) is 11.7 Å². The third kappa shape index (κ3) is 7.55. The van der Waals surface area contributed by atoms with Crippen LogP contribution in [-0.2, 0) is 14.2 Å². The van der Waals surface area contributed by atoms with Gasteiger partial charge in [0, 0.05) is 13.0 Å². The molecule has 1 saturated carbocycles. The summed E-state index contributed by atoms with van der Waals surface area (Å²) in [6.07, 6.45) is 12.9. The van der Waals surface area contributed by atoms with Gasteiger partial charge in [-0.25, -0.2) is 0 Å². The minimum atomic E-state index is -0.972. The van der Waals surface area contributed by atoms with Crippen LogP contribution in [0.3, 0.4) is 0 Å². The zero-order valence-corrected chi connectivity index (χ0v) is 19.5. The van der Waals surface area contributed by atoms with Gasteiger partial charge in [0.2, 0.25) is 0 Å². The zero-order valence-electron chi connectivity index (χ0n) is 19.5. The van der Waals surface area contributed by atoms with Gasteiger partial charge in [-0.2, -0.15) is 8.78 Å². The fourth-order valence-electron chi connectivity index (χ4n) is 4.74. The molecule has 1 heterocycles. The zero-order chi connectivity index (χ0) is 21.9. The Balaban J connectivity index is 1.73. The van der Waals surface area contributed by atoms with Crippen molar-refractivity contribution >= 4 is 0 Å². The van der Waals surface area contributed by atoms with Gasteiger partial charge in [0.05, 0.1) is 19.8 Å². The molecule has 0 bridgehead atoms. The van der Waals surface area contributed by atoms with Gasteiger partial charge in [-0.15, -0.1) is 0 Å². The number of ether oxygens (including phenoxy) is 3. The van der Waals surface area contributed by atoms with Crippen molar-refractivity contribution in [1.29, 1.82) is 0 Å². The van der Waals surface area contributed by atoms with Crippen molar-refractivity contribution in [1.82, 2.24) is 0 Å². The Labute approximate surface area is 182 Å². The fraction of sp³-hybridized carbons (Fsp3) is 0.840. The SMILES string of the molecule is CCCCCC1CCC(C2CCC(CO/C(CC)=C(F)/C(F)=C(\C)OC)CC2)OC1. The highest BCUT2D eigenvalue weighted by molar-refractivity contribution is 5.24. The molecule has 2 unspecified atom stereocenters. The molecule has 5 heteroatoms. The molecule has 1 aliphatic heterocycles. The van der Waals surface area contributed by atoms with E-state index in [1.807, 2.05) is 0 Å².